The first-order valence-corrected chi connectivity index (χ1v) is 6.21. The quantitative estimate of drug-likeness (QED) is 0.195. The van der Waals surface area contributed by atoms with Crippen LogP contribution in [0.1, 0.15) is 39.5 Å². The number of nitrogens with zero attached hydrogens (tertiary/aromatic N) is 1. The van der Waals surface area contributed by atoms with Crippen LogP contribution in [0.15, 0.2) is 5.16 Å². The van der Waals surface area contributed by atoms with Crippen LogP contribution >= 0.6 is 15.9 Å². The highest BCUT2D eigenvalue weighted by molar-refractivity contribution is 9.09. The number of carbonyl (C=O) groups is 1. The second-order valence-electron chi connectivity index (χ2n) is 3.50. The molecule has 0 aliphatic carbocycles. The number of halogens is 1. The van der Waals surface area contributed by atoms with Gasteiger partial charge in [0.15, 0.2) is 5.71 Å². The molecule has 0 aliphatic heterocycles. The number of oxime groups is 1. The molecule has 88 valence electrons. The summed E-state index contributed by atoms with van der Waals surface area (Å²) in [5.74, 6) is -0.522. The average molecular weight is 280 g/mol. The fourth-order valence-corrected chi connectivity index (χ4v) is 1.44. The van der Waals surface area contributed by atoms with E-state index in [4.69, 9.17) is 9.94 Å². The first kappa shape index (κ1) is 14.4. The SMILES string of the molecule is CC(C)OC(=O)/C(CCCCCBr)=N\O. The molecule has 0 bridgehead atoms. The minimum Gasteiger partial charge on any atom is -0.458 e. The largest absolute Gasteiger partial charge is 0.458 e. The Bertz CT molecular complexity index is 217. The van der Waals surface area contributed by atoms with E-state index in [1.165, 1.54) is 0 Å². The Hall–Kier alpha value is -0.580. The predicted octanol–water partition coefficient (Wildman–Crippen LogP) is 2.72. The third kappa shape index (κ3) is 7.36. The highest BCUT2D eigenvalue weighted by Gasteiger charge is 2.14. The summed E-state index contributed by atoms with van der Waals surface area (Å²) in [6.45, 7) is 3.52. The molecule has 0 saturated heterocycles. The Balaban J connectivity index is 3.87. The van der Waals surface area contributed by atoms with Crippen molar-refractivity contribution in [3.63, 3.8) is 0 Å². The summed E-state index contributed by atoms with van der Waals surface area (Å²) in [4.78, 5) is 11.3. The highest BCUT2D eigenvalue weighted by atomic mass is 79.9. The van der Waals surface area contributed by atoms with Crippen molar-refractivity contribution < 1.29 is 14.7 Å². The van der Waals surface area contributed by atoms with Crippen molar-refractivity contribution in [3.8, 4) is 0 Å². The van der Waals surface area contributed by atoms with E-state index in [1.807, 2.05) is 0 Å². The number of unbranched alkanes of at least 4 members (excludes halogenated alkanes) is 2. The van der Waals surface area contributed by atoms with Gasteiger partial charge in [-0.3, -0.25) is 0 Å². The van der Waals surface area contributed by atoms with Crippen LogP contribution in [0.3, 0.4) is 0 Å². The maximum Gasteiger partial charge on any atom is 0.356 e. The molecule has 0 aromatic heterocycles. The second kappa shape index (κ2) is 8.71. The molecule has 0 saturated carbocycles. The van der Waals surface area contributed by atoms with Gasteiger partial charge in [-0.1, -0.05) is 27.5 Å². The van der Waals surface area contributed by atoms with Crippen LogP contribution in [0.25, 0.3) is 0 Å². The first-order chi connectivity index (χ1) is 7.11. The lowest BCUT2D eigenvalue weighted by molar-refractivity contribution is -0.139. The van der Waals surface area contributed by atoms with E-state index in [2.05, 4.69) is 21.1 Å². The molecule has 0 atom stereocenters. The third-order valence-corrected chi connectivity index (χ3v) is 2.31. The minimum absolute atomic E-state index is 0.110. The summed E-state index contributed by atoms with van der Waals surface area (Å²) in [7, 11) is 0. The van der Waals surface area contributed by atoms with E-state index in [9.17, 15) is 4.79 Å². The summed E-state index contributed by atoms with van der Waals surface area (Å²) in [6.07, 6.45) is 3.17. The number of hydrogen-bond donors (Lipinski definition) is 1. The predicted molar refractivity (Wildman–Crippen MR) is 62.7 cm³/mol. The van der Waals surface area contributed by atoms with Crippen LogP contribution in [0.5, 0.6) is 0 Å². The van der Waals surface area contributed by atoms with E-state index in [-0.39, 0.29) is 11.8 Å². The van der Waals surface area contributed by atoms with Gasteiger partial charge in [-0.05, 0) is 26.7 Å². The van der Waals surface area contributed by atoms with Crippen LogP contribution in [-0.2, 0) is 9.53 Å². The Labute approximate surface area is 98.8 Å². The number of carbonyl (C=O) groups excluding carboxylic acids is 1. The Morgan fingerprint density at radius 2 is 2.07 bits per heavy atom. The van der Waals surface area contributed by atoms with Gasteiger partial charge in [-0.15, -0.1) is 0 Å². The van der Waals surface area contributed by atoms with Crippen molar-refractivity contribution in [2.75, 3.05) is 5.33 Å². The Kier molecular flexibility index (Phi) is 8.37. The highest BCUT2D eigenvalue weighted by Crippen LogP contribution is 2.05. The van der Waals surface area contributed by atoms with E-state index in [0.29, 0.717) is 6.42 Å². The molecule has 0 aromatic carbocycles. The molecule has 1 N–H and O–H groups in total. The van der Waals surface area contributed by atoms with Gasteiger partial charge in [-0.2, -0.15) is 0 Å². The van der Waals surface area contributed by atoms with E-state index in [1.54, 1.807) is 13.8 Å². The van der Waals surface area contributed by atoms with E-state index < -0.39 is 5.97 Å². The van der Waals surface area contributed by atoms with Crippen LogP contribution in [0.4, 0.5) is 0 Å². The summed E-state index contributed by atoms with van der Waals surface area (Å²) in [5.41, 5.74) is 0.110. The van der Waals surface area contributed by atoms with Gasteiger partial charge in [0.25, 0.3) is 0 Å². The standard InChI is InChI=1S/C10H18BrNO3/c1-8(2)15-10(13)9(12-14)6-4-3-5-7-11/h8,14H,3-7H2,1-2H3/b12-9-. The zero-order chi connectivity index (χ0) is 11.7. The third-order valence-electron chi connectivity index (χ3n) is 1.75. The number of esters is 1. The molecule has 15 heavy (non-hydrogen) atoms. The molecule has 5 heteroatoms. The van der Waals surface area contributed by atoms with Gasteiger partial charge in [-0.25, -0.2) is 4.79 Å². The van der Waals surface area contributed by atoms with Gasteiger partial charge in [0, 0.05) is 11.8 Å². The normalized spacial score (nSPS) is 11.9. The van der Waals surface area contributed by atoms with E-state index >= 15 is 0 Å². The van der Waals surface area contributed by atoms with Crippen molar-refractivity contribution in [3.05, 3.63) is 0 Å². The molecule has 0 fully saturated rings. The monoisotopic (exact) mass is 279 g/mol. The van der Waals surface area contributed by atoms with Crippen LogP contribution in [-0.4, -0.2) is 28.3 Å². The van der Waals surface area contributed by atoms with Gasteiger partial charge in [0.05, 0.1) is 6.10 Å². The fraction of sp³-hybridized carbons (Fsp3) is 0.800. The van der Waals surface area contributed by atoms with Gasteiger partial charge in [0.1, 0.15) is 0 Å². The molecule has 0 rings (SSSR count). The lowest BCUT2D eigenvalue weighted by atomic mass is 10.1. The van der Waals surface area contributed by atoms with E-state index in [0.717, 1.165) is 24.6 Å². The number of hydrogen-bond acceptors (Lipinski definition) is 4. The molecule has 0 unspecified atom stereocenters. The minimum atomic E-state index is -0.522. The Morgan fingerprint density at radius 1 is 1.40 bits per heavy atom. The number of ether oxygens (including phenoxy) is 1. The number of rotatable bonds is 7. The average Bonchev–Trinajstić information content (AvgIpc) is 2.16. The lowest BCUT2D eigenvalue weighted by Gasteiger charge is -2.08. The summed E-state index contributed by atoms with van der Waals surface area (Å²) >= 11 is 3.32. The zero-order valence-electron chi connectivity index (χ0n) is 9.20. The van der Waals surface area contributed by atoms with Crippen LogP contribution in [0, 0.1) is 0 Å². The van der Waals surface area contributed by atoms with Gasteiger partial charge >= 0.3 is 5.97 Å². The zero-order valence-corrected chi connectivity index (χ0v) is 10.8. The Morgan fingerprint density at radius 3 is 2.53 bits per heavy atom. The number of alkyl halides is 1. The first-order valence-electron chi connectivity index (χ1n) is 5.09. The summed E-state index contributed by atoms with van der Waals surface area (Å²) in [6, 6.07) is 0. The maximum absolute atomic E-state index is 11.3. The second-order valence-corrected chi connectivity index (χ2v) is 4.29. The molecule has 4 nitrogen and oxygen atoms in total. The molecular formula is C10H18BrNO3. The maximum atomic E-state index is 11.3. The van der Waals surface area contributed by atoms with Crippen LogP contribution < -0.4 is 0 Å². The lowest BCUT2D eigenvalue weighted by Crippen LogP contribution is -2.21. The summed E-state index contributed by atoms with van der Waals surface area (Å²) in [5, 5.41) is 12.6. The van der Waals surface area contributed by atoms with Crippen molar-refractivity contribution in [2.45, 2.75) is 45.6 Å². The smallest absolute Gasteiger partial charge is 0.356 e. The van der Waals surface area contributed by atoms with Crippen molar-refractivity contribution in [1.29, 1.82) is 0 Å². The van der Waals surface area contributed by atoms with Crippen molar-refractivity contribution >= 4 is 27.6 Å². The fourth-order valence-electron chi connectivity index (χ4n) is 1.04. The van der Waals surface area contributed by atoms with Crippen molar-refractivity contribution in [2.24, 2.45) is 5.16 Å². The van der Waals surface area contributed by atoms with Crippen molar-refractivity contribution in [1.82, 2.24) is 0 Å². The summed E-state index contributed by atoms with van der Waals surface area (Å²) < 4.78 is 4.92. The molecule has 0 amide bonds. The van der Waals surface area contributed by atoms with Gasteiger partial charge < -0.3 is 9.94 Å². The molecule has 0 aliphatic rings. The van der Waals surface area contributed by atoms with Crippen LogP contribution in [0.2, 0.25) is 0 Å². The molecule has 0 aromatic rings. The molecular weight excluding hydrogens is 262 g/mol. The molecule has 0 heterocycles. The van der Waals surface area contributed by atoms with Gasteiger partial charge in [0.2, 0.25) is 0 Å². The molecule has 0 radical (unpaired) electrons. The molecule has 0 spiro atoms. The topological polar surface area (TPSA) is 58.9 Å².